The van der Waals surface area contributed by atoms with Crippen molar-refractivity contribution in [3.63, 3.8) is 0 Å². The molecule has 0 spiro atoms. The number of carbonyl (C=O) groups excluding carboxylic acids is 1. The highest BCUT2D eigenvalue weighted by Gasteiger charge is 2.23. The highest BCUT2D eigenvalue weighted by Crippen LogP contribution is 2.40. The van der Waals surface area contributed by atoms with Crippen LogP contribution in [-0.4, -0.2) is 19.5 Å². The van der Waals surface area contributed by atoms with Crippen LogP contribution >= 0.6 is 11.3 Å². The molecule has 0 saturated carbocycles. The summed E-state index contributed by atoms with van der Waals surface area (Å²) in [5.74, 6) is -2.08. The van der Waals surface area contributed by atoms with Gasteiger partial charge in [0.1, 0.15) is 17.3 Å². The number of benzene rings is 2. The Kier molecular flexibility index (Phi) is 4.20. The zero-order valence-electron chi connectivity index (χ0n) is 14.1. The van der Waals surface area contributed by atoms with Gasteiger partial charge in [-0.2, -0.15) is 0 Å². The smallest absolute Gasteiger partial charge is 0.265 e. The number of fused-ring (bicyclic) bond motifs is 3. The van der Waals surface area contributed by atoms with Crippen molar-refractivity contribution in [1.82, 2.24) is 0 Å². The van der Waals surface area contributed by atoms with Gasteiger partial charge in [-0.1, -0.05) is 24.3 Å². The number of anilines is 2. The van der Waals surface area contributed by atoms with Gasteiger partial charge in [0.15, 0.2) is 0 Å². The fraction of sp³-hybridized carbons (Fsp3) is 0.150. The molecule has 2 aromatic carbocycles. The molecule has 1 aromatic heterocycles. The highest BCUT2D eigenvalue weighted by atomic mass is 32.1. The molecular formula is C20H16F2N2OS. The van der Waals surface area contributed by atoms with E-state index in [1.807, 2.05) is 31.3 Å². The molecular weight excluding hydrogens is 354 g/mol. The van der Waals surface area contributed by atoms with Crippen LogP contribution in [0.25, 0.3) is 11.1 Å². The molecule has 1 aliphatic heterocycles. The lowest BCUT2D eigenvalue weighted by molar-refractivity contribution is 0.102. The van der Waals surface area contributed by atoms with Crippen LogP contribution in [0.15, 0.2) is 48.5 Å². The third-order valence-corrected chi connectivity index (χ3v) is 5.71. The number of nitrogens with zero attached hydrogens (tertiary/aromatic N) is 1. The second-order valence-corrected chi connectivity index (χ2v) is 7.32. The second-order valence-electron chi connectivity index (χ2n) is 6.19. The first kappa shape index (κ1) is 16.7. The van der Waals surface area contributed by atoms with E-state index in [0.29, 0.717) is 4.88 Å². The number of likely N-dealkylation sites (N-methyl/N-ethyl adjacent to an activating group) is 1. The number of hydrogen-bond acceptors (Lipinski definition) is 3. The first-order valence-corrected chi connectivity index (χ1v) is 9.05. The van der Waals surface area contributed by atoms with Crippen LogP contribution in [0.2, 0.25) is 0 Å². The predicted molar refractivity (Wildman–Crippen MR) is 101 cm³/mol. The Morgan fingerprint density at radius 3 is 2.58 bits per heavy atom. The average Bonchev–Trinajstić information content (AvgIpc) is 3.02. The number of thiophene rings is 1. The summed E-state index contributed by atoms with van der Waals surface area (Å²) in [4.78, 5) is 16.3. The lowest BCUT2D eigenvalue weighted by Gasteiger charge is -2.19. The number of nitrogens with one attached hydrogen (secondary N) is 1. The fourth-order valence-corrected chi connectivity index (χ4v) is 4.23. The number of para-hydroxylation sites is 2. The molecule has 1 N–H and O–H groups in total. The summed E-state index contributed by atoms with van der Waals surface area (Å²) >= 11 is 1.37. The summed E-state index contributed by atoms with van der Waals surface area (Å²) < 4.78 is 27.6. The van der Waals surface area contributed by atoms with Crippen LogP contribution in [0.3, 0.4) is 0 Å². The Morgan fingerprint density at radius 2 is 1.81 bits per heavy atom. The van der Waals surface area contributed by atoms with Crippen molar-refractivity contribution in [1.29, 1.82) is 0 Å². The van der Waals surface area contributed by atoms with Gasteiger partial charge in [0.05, 0.1) is 4.88 Å². The van der Waals surface area contributed by atoms with Gasteiger partial charge in [-0.15, -0.1) is 11.3 Å². The summed E-state index contributed by atoms with van der Waals surface area (Å²) in [5, 5.41) is 2.36. The normalized spacial score (nSPS) is 13.0. The number of carbonyl (C=O) groups is 1. The zero-order valence-corrected chi connectivity index (χ0v) is 14.9. The van der Waals surface area contributed by atoms with Crippen LogP contribution in [-0.2, 0) is 6.42 Å². The molecule has 6 heteroatoms. The monoisotopic (exact) mass is 370 g/mol. The van der Waals surface area contributed by atoms with Gasteiger partial charge >= 0.3 is 0 Å². The maximum atomic E-state index is 13.8. The van der Waals surface area contributed by atoms with Gasteiger partial charge in [-0.3, -0.25) is 4.79 Å². The number of rotatable bonds is 2. The minimum absolute atomic E-state index is 0.416. The number of amides is 1. The lowest BCUT2D eigenvalue weighted by Crippen LogP contribution is -2.18. The Balaban J connectivity index is 1.70. The fourth-order valence-electron chi connectivity index (χ4n) is 3.17. The van der Waals surface area contributed by atoms with Gasteiger partial charge in [-0.05, 0) is 36.2 Å². The van der Waals surface area contributed by atoms with Gasteiger partial charge < -0.3 is 10.2 Å². The van der Waals surface area contributed by atoms with E-state index in [9.17, 15) is 13.6 Å². The number of hydrogen-bond donors (Lipinski definition) is 1. The quantitative estimate of drug-likeness (QED) is 0.693. The molecule has 0 aliphatic carbocycles. The lowest BCUT2D eigenvalue weighted by atomic mass is 10.0. The Morgan fingerprint density at radius 1 is 1.08 bits per heavy atom. The molecule has 0 radical (unpaired) electrons. The summed E-state index contributed by atoms with van der Waals surface area (Å²) in [6.45, 7) is 0.841. The molecule has 2 heterocycles. The highest BCUT2D eigenvalue weighted by molar-refractivity contribution is 7.14. The molecule has 4 rings (SSSR count). The molecule has 1 aliphatic rings. The molecule has 3 nitrogen and oxygen atoms in total. The average molecular weight is 370 g/mol. The van der Waals surface area contributed by atoms with Crippen LogP contribution in [0, 0.1) is 11.6 Å². The summed E-state index contributed by atoms with van der Waals surface area (Å²) in [7, 11) is 2.05. The van der Waals surface area contributed by atoms with Crippen LogP contribution in [0.1, 0.15) is 14.5 Å². The van der Waals surface area contributed by atoms with E-state index >= 15 is 0 Å². The van der Waals surface area contributed by atoms with E-state index in [1.165, 1.54) is 17.4 Å². The molecule has 0 unspecified atom stereocenters. The molecule has 0 bridgehead atoms. The summed E-state index contributed by atoms with van der Waals surface area (Å²) in [6, 6.07) is 13.3. The van der Waals surface area contributed by atoms with E-state index < -0.39 is 23.2 Å². The maximum absolute atomic E-state index is 13.8. The van der Waals surface area contributed by atoms with Crippen LogP contribution in [0.4, 0.5) is 20.2 Å². The largest absolute Gasteiger partial charge is 0.374 e. The van der Waals surface area contributed by atoms with E-state index in [0.717, 1.165) is 46.8 Å². The SMILES string of the molecule is CN1CCc2sc(C(=O)Nc3c(F)cccc3F)cc2-c2ccccc21. The van der Waals surface area contributed by atoms with Gasteiger partial charge in [-0.25, -0.2) is 8.78 Å². The third-order valence-electron chi connectivity index (χ3n) is 4.51. The molecule has 26 heavy (non-hydrogen) atoms. The summed E-state index contributed by atoms with van der Waals surface area (Å²) in [6.07, 6.45) is 0.812. The topological polar surface area (TPSA) is 32.3 Å². The van der Waals surface area contributed by atoms with E-state index in [-0.39, 0.29) is 0 Å². The first-order valence-electron chi connectivity index (χ1n) is 8.23. The molecule has 0 saturated heterocycles. The maximum Gasteiger partial charge on any atom is 0.265 e. The van der Waals surface area contributed by atoms with Crippen molar-refractivity contribution in [2.45, 2.75) is 6.42 Å². The minimum atomic E-state index is -0.788. The Labute approximate surface area is 153 Å². The van der Waals surface area contributed by atoms with Crippen molar-refractivity contribution < 1.29 is 13.6 Å². The predicted octanol–water partition coefficient (Wildman–Crippen LogP) is 4.94. The van der Waals surface area contributed by atoms with E-state index in [4.69, 9.17) is 0 Å². The molecule has 1 amide bonds. The molecule has 3 aromatic rings. The van der Waals surface area contributed by atoms with E-state index in [1.54, 1.807) is 0 Å². The standard InChI is InChI=1S/C20H16F2N2OS/c1-24-10-9-17-13(12-5-2-3-8-16(12)24)11-18(26-17)20(25)23-19-14(21)6-4-7-15(19)22/h2-8,11H,9-10H2,1H3,(H,23,25). The Bertz CT molecular complexity index is 979. The summed E-state index contributed by atoms with van der Waals surface area (Å²) in [5.41, 5.74) is 2.77. The van der Waals surface area contributed by atoms with Crippen molar-refractivity contribution in [2.24, 2.45) is 0 Å². The van der Waals surface area contributed by atoms with E-state index in [2.05, 4.69) is 16.3 Å². The Hall–Kier alpha value is -2.73. The van der Waals surface area contributed by atoms with Crippen molar-refractivity contribution in [3.8, 4) is 11.1 Å². The van der Waals surface area contributed by atoms with Crippen LogP contribution in [0.5, 0.6) is 0 Å². The first-order chi connectivity index (χ1) is 12.5. The second kappa shape index (κ2) is 6.53. The van der Waals surface area contributed by atoms with Crippen LogP contribution < -0.4 is 10.2 Å². The van der Waals surface area contributed by atoms with Crippen molar-refractivity contribution in [2.75, 3.05) is 23.8 Å². The molecule has 132 valence electrons. The zero-order chi connectivity index (χ0) is 18.3. The number of halogens is 2. The van der Waals surface area contributed by atoms with Gasteiger partial charge in [0.25, 0.3) is 5.91 Å². The minimum Gasteiger partial charge on any atom is -0.374 e. The molecule has 0 atom stereocenters. The van der Waals surface area contributed by atoms with Gasteiger partial charge in [0, 0.05) is 29.7 Å². The van der Waals surface area contributed by atoms with Crippen molar-refractivity contribution >= 4 is 28.6 Å². The van der Waals surface area contributed by atoms with Gasteiger partial charge in [0.2, 0.25) is 0 Å². The molecule has 0 fully saturated rings. The third kappa shape index (κ3) is 2.86. The van der Waals surface area contributed by atoms with Crippen molar-refractivity contribution in [3.05, 3.63) is 69.9 Å².